The van der Waals surface area contributed by atoms with Gasteiger partial charge in [-0.15, -0.1) is 0 Å². The van der Waals surface area contributed by atoms with Gasteiger partial charge < -0.3 is 10.6 Å². The largest absolute Gasteiger partial charge is 0.366 e. The Bertz CT molecular complexity index is 343. The molecule has 2 N–H and O–H groups in total. The normalized spacial score (nSPS) is 9.71. The molecule has 0 amide bonds. The van der Waals surface area contributed by atoms with Crippen molar-refractivity contribution in [3.8, 4) is 0 Å². The third kappa shape index (κ3) is 2.74. The molecule has 0 saturated carbocycles. The Morgan fingerprint density at radius 1 is 1.36 bits per heavy atom. The molecule has 0 heterocycles. The summed E-state index contributed by atoms with van der Waals surface area (Å²) in [5.74, 6) is 0. The number of aryl methyl sites for hydroxylation is 1. The fourth-order valence-electron chi connectivity index (χ4n) is 1.04. The number of hydrogen-bond donors (Lipinski definition) is 2. The molecular weight excluding hydrogens is 239 g/mol. The van der Waals surface area contributed by atoms with E-state index in [0.29, 0.717) is 15.2 Å². The lowest BCUT2D eigenvalue weighted by atomic mass is 10.2. The van der Waals surface area contributed by atoms with E-state index in [1.807, 2.05) is 13.0 Å². The van der Waals surface area contributed by atoms with Gasteiger partial charge in [0.05, 0.1) is 10.7 Å². The molecule has 76 valence electrons. The zero-order chi connectivity index (χ0) is 10.7. The van der Waals surface area contributed by atoms with Crippen LogP contribution in [0.5, 0.6) is 0 Å². The van der Waals surface area contributed by atoms with Gasteiger partial charge in [0.1, 0.15) is 0 Å². The first-order valence-electron chi connectivity index (χ1n) is 3.99. The van der Waals surface area contributed by atoms with Crippen LogP contribution in [-0.2, 0) is 0 Å². The molecule has 14 heavy (non-hydrogen) atoms. The van der Waals surface area contributed by atoms with Gasteiger partial charge in [0, 0.05) is 12.1 Å². The van der Waals surface area contributed by atoms with E-state index in [1.165, 1.54) is 0 Å². The fraction of sp³-hybridized carbons (Fsp3) is 0.222. The molecular formula is C9H10Cl2N2S. The van der Waals surface area contributed by atoms with Crippen LogP contribution in [0.1, 0.15) is 5.56 Å². The predicted molar refractivity (Wildman–Crippen MR) is 66.5 cm³/mol. The minimum atomic E-state index is 0.525. The highest BCUT2D eigenvalue weighted by Gasteiger charge is 2.06. The molecule has 0 fully saturated rings. The zero-order valence-electron chi connectivity index (χ0n) is 7.82. The van der Waals surface area contributed by atoms with Crippen molar-refractivity contribution in [3.63, 3.8) is 0 Å². The van der Waals surface area contributed by atoms with Crippen molar-refractivity contribution in [1.82, 2.24) is 5.32 Å². The molecule has 0 spiro atoms. The lowest BCUT2D eigenvalue weighted by Crippen LogP contribution is -2.24. The molecule has 0 unspecified atom stereocenters. The number of hydrogen-bond acceptors (Lipinski definition) is 1. The lowest BCUT2D eigenvalue weighted by Gasteiger charge is -2.12. The van der Waals surface area contributed by atoms with E-state index in [0.717, 1.165) is 11.3 Å². The Morgan fingerprint density at radius 2 is 2.00 bits per heavy atom. The van der Waals surface area contributed by atoms with Gasteiger partial charge in [-0.25, -0.2) is 0 Å². The van der Waals surface area contributed by atoms with Crippen LogP contribution in [0.3, 0.4) is 0 Å². The first-order valence-corrected chi connectivity index (χ1v) is 5.15. The van der Waals surface area contributed by atoms with E-state index < -0.39 is 0 Å². The number of thiocarbonyl (C=S) groups is 1. The second-order valence-electron chi connectivity index (χ2n) is 2.78. The highest BCUT2D eigenvalue weighted by molar-refractivity contribution is 7.80. The minimum Gasteiger partial charge on any atom is -0.366 e. The van der Waals surface area contributed by atoms with Crippen LogP contribution in [-0.4, -0.2) is 12.2 Å². The molecule has 1 aromatic carbocycles. The van der Waals surface area contributed by atoms with Gasteiger partial charge in [-0.3, -0.25) is 0 Å². The van der Waals surface area contributed by atoms with Gasteiger partial charge in [0.15, 0.2) is 5.11 Å². The topological polar surface area (TPSA) is 24.1 Å². The highest BCUT2D eigenvalue weighted by Crippen LogP contribution is 2.29. The molecule has 0 saturated heterocycles. The molecule has 0 aliphatic rings. The first-order chi connectivity index (χ1) is 6.54. The Kier molecular flexibility index (Phi) is 3.98. The van der Waals surface area contributed by atoms with E-state index in [-0.39, 0.29) is 0 Å². The van der Waals surface area contributed by atoms with Gasteiger partial charge >= 0.3 is 0 Å². The number of rotatable bonds is 1. The Balaban J connectivity index is 3.02. The van der Waals surface area contributed by atoms with E-state index in [2.05, 4.69) is 10.6 Å². The molecule has 1 rings (SSSR count). The number of benzene rings is 1. The average Bonchev–Trinajstić information content (AvgIpc) is 2.10. The molecule has 2 nitrogen and oxygen atoms in total. The van der Waals surface area contributed by atoms with Crippen LogP contribution in [0, 0.1) is 6.92 Å². The summed E-state index contributed by atoms with van der Waals surface area (Å²) in [5.41, 5.74) is 1.75. The van der Waals surface area contributed by atoms with Gasteiger partial charge in [0.2, 0.25) is 0 Å². The highest BCUT2D eigenvalue weighted by atomic mass is 35.5. The van der Waals surface area contributed by atoms with Crippen molar-refractivity contribution in [3.05, 3.63) is 27.7 Å². The van der Waals surface area contributed by atoms with Crippen LogP contribution in [0.4, 0.5) is 5.69 Å². The Morgan fingerprint density at radius 3 is 2.50 bits per heavy atom. The maximum Gasteiger partial charge on any atom is 0.170 e. The first kappa shape index (κ1) is 11.6. The van der Waals surface area contributed by atoms with E-state index in [4.69, 9.17) is 35.4 Å². The van der Waals surface area contributed by atoms with E-state index in [1.54, 1.807) is 13.1 Å². The lowest BCUT2D eigenvalue weighted by molar-refractivity contribution is 1.19. The summed E-state index contributed by atoms with van der Waals surface area (Å²) in [5, 5.41) is 7.50. The SMILES string of the molecule is CNC(=S)Nc1c(C)cc(Cl)cc1Cl. The zero-order valence-corrected chi connectivity index (χ0v) is 10.1. The summed E-state index contributed by atoms with van der Waals surface area (Å²) in [4.78, 5) is 0. The summed E-state index contributed by atoms with van der Waals surface area (Å²) < 4.78 is 0. The number of anilines is 1. The van der Waals surface area contributed by atoms with Gasteiger partial charge in [-0.1, -0.05) is 23.2 Å². The minimum absolute atomic E-state index is 0.525. The van der Waals surface area contributed by atoms with Crippen LogP contribution < -0.4 is 10.6 Å². The van der Waals surface area contributed by atoms with Crippen molar-refractivity contribution < 1.29 is 0 Å². The van der Waals surface area contributed by atoms with Crippen LogP contribution in [0.15, 0.2) is 12.1 Å². The van der Waals surface area contributed by atoms with Gasteiger partial charge in [0.25, 0.3) is 0 Å². The van der Waals surface area contributed by atoms with Gasteiger partial charge in [-0.2, -0.15) is 0 Å². The standard InChI is InChI=1S/C9H10Cl2N2S/c1-5-3-6(10)4-7(11)8(5)13-9(14)12-2/h3-4H,1-2H3,(H2,12,13,14). The summed E-state index contributed by atoms with van der Waals surface area (Å²) in [6.45, 7) is 1.92. The van der Waals surface area contributed by atoms with Crippen LogP contribution >= 0.6 is 35.4 Å². The second-order valence-corrected chi connectivity index (χ2v) is 4.04. The smallest absolute Gasteiger partial charge is 0.170 e. The molecule has 0 aromatic heterocycles. The Hall–Kier alpha value is -0.510. The van der Waals surface area contributed by atoms with Crippen molar-refractivity contribution >= 4 is 46.2 Å². The summed E-state index contributed by atoms with van der Waals surface area (Å²) in [6, 6.07) is 3.50. The van der Waals surface area contributed by atoms with Crippen LogP contribution in [0.2, 0.25) is 10.0 Å². The molecule has 0 aliphatic carbocycles. The Labute approximate surface area is 98.6 Å². The van der Waals surface area contributed by atoms with Gasteiger partial charge in [-0.05, 0) is 36.8 Å². The molecule has 0 atom stereocenters. The molecule has 5 heteroatoms. The average molecular weight is 249 g/mol. The summed E-state index contributed by atoms with van der Waals surface area (Å²) in [7, 11) is 1.74. The van der Waals surface area contributed by atoms with E-state index in [9.17, 15) is 0 Å². The molecule has 0 bridgehead atoms. The maximum atomic E-state index is 6.00. The molecule has 0 radical (unpaired) electrons. The molecule has 1 aromatic rings. The fourth-order valence-corrected chi connectivity index (χ4v) is 1.78. The third-order valence-corrected chi connectivity index (χ3v) is 2.54. The number of halogens is 2. The maximum absolute atomic E-state index is 6.00. The van der Waals surface area contributed by atoms with Crippen molar-refractivity contribution in [1.29, 1.82) is 0 Å². The monoisotopic (exact) mass is 248 g/mol. The van der Waals surface area contributed by atoms with Crippen molar-refractivity contribution in [2.75, 3.05) is 12.4 Å². The quantitative estimate of drug-likeness (QED) is 0.747. The van der Waals surface area contributed by atoms with E-state index >= 15 is 0 Å². The molecule has 0 aliphatic heterocycles. The third-order valence-electron chi connectivity index (χ3n) is 1.72. The second kappa shape index (κ2) is 4.82. The van der Waals surface area contributed by atoms with Crippen LogP contribution in [0.25, 0.3) is 0 Å². The van der Waals surface area contributed by atoms with Crippen molar-refractivity contribution in [2.24, 2.45) is 0 Å². The van der Waals surface area contributed by atoms with Crippen molar-refractivity contribution in [2.45, 2.75) is 6.92 Å². The summed E-state index contributed by atoms with van der Waals surface area (Å²) in [6.07, 6.45) is 0. The predicted octanol–water partition coefficient (Wildman–Crippen LogP) is 3.22. The number of nitrogens with one attached hydrogen (secondary N) is 2. The summed E-state index contributed by atoms with van der Waals surface area (Å²) >= 11 is 16.8.